The van der Waals surface area contributed by atoms with Crippen LogP contribution in [0.2, 0.25) is 5.15 Å². The van der Waals surface area contributed by atoms with Crippen LogP contribution in [0.5, 0.6) is 11.5 Å². The highest BCUT2D eigenvalue weighted by atomic mass is 35.5. The minimum atomic E-state index is 0.0130. The van der Waals surface area contributed by atoms with Crippen LogP contribution in [-0.2, 0) is 0 Å². The molecule has 3 heterocycles. The van der Waals surface area contributed by atoms with Gasteiger partial charge in [0.2, 0.25) is 0 Å². The molecule has 0 N–H and O–H groups in total. The van der Waals surface area contributed by atoms with Gasteiger partial charge in [0.25, 0.3) is 0 Å². The molecular formula is C21H22ClN3O3. The third-order valence-electron chi connectivity index (χ3n) is 5.66. The zero-order chi connectivity index (χ0) is 19.1. The van der Waals surface area contributed by atoms with E-state index in [9.17, 15) is 4.79 Å². The van der Waals surface area contributed by atoms with Gasteiger partial charge in [-0.05, 0) is 43.9 Å². The van der Waals surface area contributed by atoms with Gasteiger partial charge in [-0.2, -0.15) is 0 Å². The second-order valence-corrected chi connectivity index (χ2v) is 8.05. The molecule has 0 amide bonds. The van der Waals surface area contributed by atoms with Gasteiger partial charge in [-0.1, -0.05) is 11.6 Å². The summed E-state index contributed by atoms with van der Waals surface area (Å²) in [6.07, 6.45) is 3.89. The molecule has 3 aliphatic rings. The van der Waals surface area contributed by atoms with E-state index >= 15 is 0 Å². The van der Waals surface area contributed by atoms with Gasteiger partial charge in [-0.25, -0.2) is 9.97 Å². The predicted octanol–water partition coefficient (Wildman–Crippen LogP) is 3.88. The van der Waals surface area contributed by atoms with Gasteiger partial charge in [0.05, 0.1) is 0 Å². The van der Waals surface area contributed by atoms with E-state index in [-0.39, 0.29) is 11.7 Å². The largest absolute Gasteiger partial charge is 0.486 e. The summed E-state index contributed by atoms with van der Waals surface area (Å²) in [4.78, 5) is 24.3. The fourth-order valence-electron chi connectivity index (χ4n) is 3.91. The lowest BCUT2D eigenvalue weighted by molar-refractivity contribution is 0.0899. The third kappa shape index (κ3) is 3.53. The lowest BCUT2D eigenvalue weighted by Gasteiger charge is -2.32. The first-order valence-corrected chi connectivity index (χ1v) is 10.3. The van der Waals surface area contributed by atoms with E-state index in [0.717, 1.165) is 50.4 Å². The van der Waals surface area contributed by atoms with Crippen molar-refractivity contribution >= 4 is 23.2 Å². The SMILES string of the molecule is O=C(c1ccc2c(c1)OCCO2)C1CCN(c2cc(Cl)nc(C3CC3)n2)CC1. The van der Waals surface area contributed by atoms with Crippen LogP contribution in [0, 0.1) is 5.92 Å². The molecule has 6 nitrogen and oxygen atoms in total. The smallest absolute Gasteiger partial charge is 0.166 e. The summed E-state index contributed by atoms with van der Waals surface area (Å²) < 4.78 is 11.2. The standard InChI is InChI=1S/C21H22ClN3O3/c22-18-12-19(24-21(23-18)14-1-2-14)25-7-5-13(6-8-25)20(26)15-3-4-16-17(11-15)28-10-9-27-16/h3-4,11-14H,1-2,5-10H2. The van der Waals surface area contributed by atoms with Crippen LogP contribution in [0.15, 0.2) is 24.3 Å². The maximum absolute atomic E-state index is 13.0. The Hall–Kier alpha value is -2.34. The first kappa shape index (κ1) is 17.7. The second kappa shape index (κ2) is 7.24. The molecule has 2 fully saturated rings. The molecule has 2 aromatic rings. The van der Waals surface area contributed by atoms with E-state index < -0.39 is 0 Å². The topological polar surface area (TPSA) is 64.6 Å². The number of ether oxygens (including phenoxy) is 2. The van der Waals surface area contributed by atoms with Crippen molar-refractivity contribution in [3.63, 3.8) is 0 Å². The van der Waals surface area contributed by atoms with Gasteiger partial charge in [-0.3, -0.25) is 4.79 Å². The van der Waals surface area contributed by atoms with Gasteiger partial charge < -0.3 is 14.4 Å². The molecule has 1 aromatic heterocycles. The molecule has 28 heavy (non-hydrogen) atoms. The molecule has 1 saturated heterocycles. The summed E-state index contributed by atoms with van der Waals surface area (Å²) >= 11 is 6.20. The number of anilines is 1. The summed E-state index contributed by atoms with van der Waals surface area (Å²) in [7, 11) is 0. The monoisotopic (exact) mass is 399 g/mol. The van der Waals surface area contributed by atoms with Crippen LogP contribution in [0.1, 0.15) is 47.8 Å². The number of carbonyl (C=O) groups excluding carboxylic acids is 1. The summed E-state index contributed by atoms with van der Waals surface area (Å²) in [6.45, 7) is 2.65. The molecule has 0 atom stereocenters. The van der Waals surface area contributed by atoms with E-state index in [1.807, 2.05) is 24.3 Å². The predicted molar refractivity (Wildman–Crippen MR) is 106 cm³/mol. The average molecular weight is 400 g/mol. The second-order valence-electron chi connectivity index (χ2n) is 7.67. The molecule has 0 unspecified atom stereocenters. The highest BCUT2D eigenvalue weighted by Gasteiger charge is 2.30. The molecule has 0 radical (unpaired) electrons. The first-order chi connectivity index (χ1) is 13.7. The van der Waals surface area contributed by atoms with Gasteiger partial charge in [0.15, 0.2) is 17.3 Å². The van der Waals surface area contributed by atoms with Gasteiger partial charge in [0.1, 0.15) is 30.0 Å². The van der Waals surface area contributed by atoms with E-state index in [0.29, 0.717) is 41.3 Å². The number of nitrogens with zero attached hydrogens (tertiary/aromatic N) is 3. The third-order valence-corrected chi connectivity index (χ3v) is 5.85. The molecule has 0 bridgehead atoms. The number of aromatic nitrogens is 2. The van der Waals surface area contributed by atoms with E-state index in [4.69, 9.17) is 26.1 Å². The number of Topliss-reactive ketones (excluding diaryl/α,β-unsaturated/α-hetero) is 1. The quantitative estimate of drug-likeness (QED) is 0.574. The number of ketones is 1. The van der Waals surface area contributed by atoms with Crippen LogP contribution in [0.25, 0.3) is 0 Å². The molecule has 1 aromatic carbocycles. The molecule has 2 aliphatic heterocycles. The zero-order valence-electron chi connectivity index (χ0n) is 15.6. The summed E-state index contributed by atoms with van der Waals surface area (Å²) in [5.41, 5.74) is 0.698. The number of hydrogen-bond donors (Lipinski definition) is 0. The van der Waals surface area contributed by atoms with E-state index in [1.54, 1.807) is 0 Å². The van der Waals surface area contributed by atoms with Crippen molar-refractivity contribution in [2.24, 2.45) is 5.92 Å². The summed E-state index contributed by atoms with van der Waals surface area (Å²) in [5, 5.41) is 0.501. The van der Waals surface area contributed by atoms with E-state index in [2.05, 4.69) is 9.88 Å². The van der Waals surface area contributed by atoms with E-state index in [1.165, 1.54) is 0 Å². The molecule has 1 saturated carbocycles. The Morgan fingerprint density at radius 1 is 1.00 bits per heavy atom. The Labute approximate surface area is 168 Å². The number of benzene rings is 1. The first-order valence-electron chi connectivity index (χ1n) is 9.90. The lowest BCUT2D eigenvalue weighted by atomic mass is 9.88. The fourth-order valence-corrected chi connectivity index (χ4v) is 4.10. The Bertz CT molecular complexity index is 908. The van der Waals surface area contributed by atoms with Crippen molar-refractivity contribution in [2.75, 3.05) is 31.2 Å². The lowest BCUT2D eigenvalue weighted by Crippen LogP contribution is -2.37. The Kier molecular flexibility index (Phi) is 4.59. The molecule has 0 spiro atoms. The van der Waals surface area contributed by atoms with Crippen molar-refractivity contribution in [1.82, 2.24) is 9.97 Å². The normalized spacial score (nSPS) is 19.5. The van der Waals surface area contributed by atoms with Crippen LogP contribution in [-0.4, -0.2) is 42.1 Å². The van der Waals surface area contributed by atoms with Crippen molar-refractivity contribution in [2.45, 2.75) is 31.6 Å². The van der Waals surface area contributed by atoms with Crippen LogP contribution in [0.4, 0.5) is 5.82 Å². The molecule has 1 aliphatic carbocycles. The number of hydrogen-bond acceptors (Lipinski definition) is 6. The maximum atomic E-state index is 13.0. The van der Waals surface area contributed by atoms with Crippen molar-refractivity contribution in [3.05, 3.63) is 40.8 Å². The molecule has 5 rings (SSSR count). The Morgan fingerprint density at radius 3 is 2.50 bits per heavy atom. The molecular weight excluding hydrogens is 378 g/mol. The van der Waals surface area contributed by atoms with Crippen LogP contribution in [0.3, 0.4) is 0 Å². The Morgan fingerprint density at radius 2 is 1.75 bits per heavy atom. The van der Waals surface area contributed by atoms with Crippen molar-refractivity contribution < 1.29 is 14.3 Å². The number of piperidine rings is 1. The Balaban J connectivity index is 1.26. The zero-order valence-corrected chi connectivity index (χ0v) is 16.3. The minimum Gasteiger partial charge on any atom is -0.486 e. The number of halogens is 1. The molecule has 7 heteroatoms. The van der Waals surface area contributed by atoms with Crippen molar-refractivity contribution in [1.29, 1.82) is 0 Å². The van der Waals surface area contributed by atoms with Crippen molar-refractivity contribution in [3.8, 4) is 11.5 Å². The number of rotatable bonds is 4. The number of carbonyl (C=O) groups is 1. The van der Waals surface area contributed by atoms with Gasteiger partial charge in [0, 0.05) is 36.6 Å². The summed E-state index contributed by atoms with van der Waals surface area (Å²) in [6, 6.07) is 7.32. The highest BCUT2D eigenvalue weighted by molar-refractivity contribution is 6.29. The fraction of sp³-hybridized carbons (Fsp3) is 0.476. The van der Waals surface area contributed by atoms with Gasteiger partial charge in [-0.15, -0.1) is 0 Å². The highest BCUT2D eigenvalue weighted by Crippen LogP contribution is 2.39. The molecule has 146 valence electrons. The maximum Gasteiger partial charge on any atom is 0.166 e. The van der Waals surface area contributed by atoms with Gasteiger partial charge >= 0.3 is 0 Å². The van der Waals surface area contributed by atoms with Crippen LogP contribution < -0.4 is 14.4 Å². The minimum absolute atomic E-state index is 0.0130. The van der Waals surface area contributed by atoms with Crippen LogP contribution >= 0.6 is 11.6 Å². The number of fused-ring (bicyclic) bond motifs is 1. The summed E-state index contributed by atoms with van der Waals surface area (Å²) in [5.74, 6) is 3.77. The average Bonchev–Trinajstić information content (AvgIpc) is 3.58.